The molecule has 114 valence electrons. The third kappa shape index (κ3) is 3.30. The number of aromatic nitrogens is 1. The van der Waals surface area contributed by atoms with Gasteiger partial charge < -0.3 is 9.64 Å². The van der Waals surface area contributed by atoms with Crippen molar-refractivity contribution in [3.05, 3.63) is 28.6 Å². The summed E-state index contributed by atoms with van der Waals surface area (Å²) in [6, 6.07) is 1.75. The number of morpholine rings is 1. The molecule has 21 heavy (non-hydrogen) atoms. The van der Waals surface area contributed by atoms with Gasteiger partial charge in [0.1, 0.15) is 11.9 Å². The van der Waals surface area contributed by atoms with Gasteiger partial charge in [0.25, 0.3) is 0 Å². The van der Waals surface area contributed by atoms with E-state index in [0.29, 0.717) is 11.6 Å². The molecule has 0 saturated carbocycles. The molecule has 0 unspecified atom stereocenters. The molecular formula is C14H20N4O3. The third-order valence-corrected chi connectivity index (χ3v) is 4.22. The van der Waals surface area contributed by atoms with E-state index < -0.39 is 0 Å². The summed E-state index contributed by atoms with van der Waals surface area (Å²) in [5.74, 6) is 0.566. The van der Waals surface area contributed by atoms with Crippen molar-refractivity contribution in [3.8, 4) is 0 Å². The van der Waals surface area contributed by atoms with E-state index in [1.807, 2.05) is 0 Å². The van der Waals surface area contributed by atoms with Gasteiger partial charge in [0, 0.05) is 38.9 Å². The van der Waals surface area contributed by atoms with Crippen LogP contribution in [0.5, 0.6) is 0 Å². The Balaban J connectivity index is 1.63. The molecule has 0 spiro atoms. The van der Waals surface area contributed by atoms with Crippen LogP contribution in [-0.2, 0) is 4.74 Å². The monoisotopic (exact) mass is 292 g/mol. The molecule has 0 radical (unpaired) electrons. The van der Waals surface area contributed by atoms with Crippen LogP contribution in [-0.4, -0.2) is 60.7 Å². The second-order valence-corrected chi connectivity index (χ2v) is 5.64. The molecule has 2 fully saturated rings. The second kappa shape index (κ2) is 6.36. The maximum atomic E-state index is 11.1. The van der Waals surface area contributed by atoms with Gasteiger partial charge in [-0.05, 0) is 18.4 Å². The second-order valence-electron chi connectivity index (χ2n) is 5.64. The van der Waals surface area contributed by atoms with E-state index in [9.17, 15) is 10.1 Å². The highest BCUT2D eigenvalue weighted by Gasteiger charge is 2.29. The minimum atomic E-state index is -0.350. The lowest BCUT2D eigenvalue weighted by Gasteiger charge is -2.29. The van der Waals surface area contributed by atoms with Crippen LogP contribution < -0.4 is 4.90 Å². The summed E-state index contributed by atoms with van der Waals surface area (Å²) in [7, 11) is 0. The molecular weight excluding hydrogens is 272 g/mol. The number of ether oxygens (including phenoxy) is 1. The fourth-order valence-electron chi connectivity index (χ4n) is 3.14. The average molecular weight is 292 g/mol. The van der Waals surface area contributed by atoms with Crippen molar-refractivity contribution in [3.63, 3.8) is 0 Å². The summed E-state index contributed by atoms with van der Waals surface area (Å²) in [5.41, 5.74) is 0.795. The molecule has 0 N–H and O–H groups in total. The van der Waals surface area contributed by atoms with Gasteiger partial charge in [0.15, 0.2) is 0 Å². The molecule has 0 aromatic carbocycles. The fraction of sp³-hybridized carbons (Fsp3) is 0.643. The number of anilines is 1. The highest BCUT2D eigenvalue weighted by atomic mass is 16.6. The molecule has 2 aliphatic heterocycles. The van der Waals surface area contributed by atoms with Crippen molar-refractivity contribution in [2.75, 3.05) is 50.8 Å². The minimum absolute atomic E-state index is 0.101. The summed E-state index contributed by atoms with van der Waals surface area (Å²) in [6.45, 7) is 6.41. The first-order valence-electron chi connectivity index (χ1n) is 7.37. The zero-order chi connectivity index (χ0) is 14.7. The Bertz CT molecular complexity index is 505. The Morgan fingerprint density at radius 1 is 1.38 bits per heavy atom. The first-order chi connectivity index (χ1) is 10.2. The van der Waals surface area contributed by atoms with E-state index in [-0.39, 0.29) is 10.6 Å². The third-order valence-electron chi connectivity index (χ3n) is 4.22. The lowest BCUT2D eigenvalue weighted by Crippen LogP contribution is -2.39. The van der Waals surface area contributed by atoms with E-state index in [0.717, 1.165) is 52.4 Å². The molecule has 0 amide bonds. The number of hydrogen-bond donors (Lipinski definition) is 0. The molecule has 3 rings (SSSR count). The van der Waals surface area contributed by atoms with Crippen molar-refractivity contribution in [1.82, 2.24) is 9.88 Å². The summed E-state index contributed by atoms with van der Waals surface area (Å²) >= 11 is 0. The SMILES string of the molecule is O=[N+]([O-])c1cnccc1N1CC[C@@H](CN2CCOCC2)C1. The molecule has 3 heterocycles. The van der Waals surface area contributed by atoms with Crippen molar-refractivity contribution in [2.45, 2.75) is 6.42 Å². The van der Waals surface area contributed by atoms with Crippen molar-refractivity contribution >= 4 is 11.4 Å². The van der Waals surface area contributed by atoms with Crippen LogP contribution in [0.1, 0.15) is 6.42 Å². The number of nitro groups is 1. The van der Waals surface area contributed by atoms with Gasteiger partial charge in [-0.25, -0.2) is 0 Å². The van der Waals surface area contributed by atoms with Crippen molar-refractivity contribution in [1.29, 1.82) is 0 Å². The smallest absolute Gasteiger partial charge is 0.310 e. The van der Waals surface area contributed by atoms with Crippen molar-refractivity contribution < 1.29 is 9.66 Å². The normalized spacial score (nSPS) is 23.4. The number of hydrogen-bond acceptors (Lipinski definition) is 6. The molecule has 0 aliphatic carbocycles. The molecule has 1 aromatic heterocycles. The molecule has 7 heteroatoms. The predicted molar refractivity (Wildman–Crippen MR) is 78.5 cm³/mol. The van der Waals surface area contributed by atoms with E-state index >= 15 is 0 Å². The lowest BCUT2D eigenvalue weighted by molar-refractivity contribution is -0.384. The molecule has 1 atom stereocenters. The first kappa shape index (κ1) is 14.2. The van der Waals surface area contributed by atoms with Crippen LogP contribution in [0, 0.1) is 16.0 Å². The molecule has 2 saturated heterocycles. The van der Waals surface area contributed by atoms with Crippen LogP contribution in [0.2, 0.25) is 0 Å². The first-order valence-corrected chi connectivity index (χ1v) is 7.37. The van der Waals surface area contributed by atoms with Gasteiger partial charge in [-0.1, -0.05) is 0 Å². The van der Waals surface area contributed by atoms with Gasteiger partial charge in [-0.2, -0.15) is 0 Å². The van der Waals surface area contributed by atoms with Gasteiger partial charge in [-0.3, -0.25) is 20.0 Å². The van der Waals surface area contributed by atoms with Crippen molar-refractivity contribution in [2.24, 2.45) is 5.92 Å². The maximum Gasteiger partial charge on any atom is 0.310 e. The zero-order valence-electron chi connectivity index (χ0n) is 12.0. The molecule has 7 nitrogen and oxygen atoms in total. The Hall–Kier alpha value is -1.73. The standard InChI is InChI=1S/C14H20N4O3/c19-18(20)14-9-15-3-1-13(14)17-4-2-12(11-17)10-16-5-7-21-8-6-16/h1,3,9,12H,2,4-8,10-11H2/t12-/m0/s1. The molecule has 1 aromatic rings. The maximum absolute atomic E-state index is 11.1. The summed E-state index contributed by atoms with van der Waals surface area (Å²) in [5, 5.41) is 11.1. The lowest BCUT2D eigenvalue weighted by atomic mass is 10.1. The van der Waals surface area contributed by atoms with E-state index in [2.05, 4.69) is 14.8 Å². The van der Waals surface area contributed by atoms with E-state index in [4.69, 9.17) is 4.74 Å². The van der Waals surface area contributed by atoms with Gasteiger partial charge >= 0.3 is 5.69 Å². The largest absolute Gasteiger partial charge is 0.379 e. The van der Waals surface area contributed by atoms with E-state index in [1.54, 1.807) is 12.3 Å². The number of pyridine rings is 1. The van der Waals surface area contributed by atoms with Gasteiger partial charge in [0.2, 0.25) is 0 Å². The summed E-state index contributed by atoms with van der Waals surface area (Å²) in [6.07, 6.45) is 4.04. The minimum Gasteiger partial charge on any atom is -0.379 e. The Labute approximate surface area is 123 Å². The van der Waals surface area contributed by atoms with Gasteiger partial charge in [0.05, 0.1) is 18.1 Å². The van der Waals surface area contributed by atoms with E-state index in [1.165, 1.54) is 6.20 Å². The fourth-order valence-corrected chi connectivity index (χ4v) is 3.14. The quantitative estimate of drug-likeness (QED) is 0.612. The van der Waals surface area contributed by atoms with Crippen LogP contribution in [0.25, 0.3) is 0 Å². The van der Waals surface area contributed by atoms with Crippen LogP contribution in [0.3, 0.4) is 0 Å². The van der Waals surface area contributed by atoms with Crippen LogP contribution in [0.15, 0.2) is 18.5 Å². The Morgan fingerprint density at radius 3 is 2.95 bits per heavy atom. The Kier molecular flexibility index (Phi) is 4.31. The Morgan fingerprint density at radius 2 is 2.19 bits per heavy atom. The average Bonchev–Trinajstić information content (AvgIpc) is 2.96. The number of nitrogens with zero attached hydrogens (tertiary/aromatic N) is 4. The highest BCUT2D eigenvalue weighted by Crippen LogP contribution is 2.31. The van der Waals surface area contributed by atoms with Crippen LogP contribution >= 0.6 is 0 Å². The molecule has 0 bridgehead atoms. The number of rotatable bonds is 4. The van der Waals surface area contributed by atoms with Gasteiger partial charge in [-0.15, -0.1) is 0 Å². The topological polar surface area (TPSA) is 71.7 Å². The summed E-state index contributed by atoms with van der Waals surface area (Å²) in [4.78, 5) is 19.1. The zero-order valence-corrected chi connectivity index (χ0v) is 12.0. The highest BCUT2D eigenvalue weighted by molar-refractivity contribution is 5.62. The van der Waals surface area contributed by atoms with Crippen LogP contribution in [0.4, 0.5) is 11.4 Å². The summed E-state index contributed by atoms with van der Waals surface area (Å²) < 4.78 is 5.36. The predicted octanol–water partition coefficient (Wildman–Crippen LogP) is 1.15. The molecule has 2 aliphatic rings.